The second-order valence-corrected chi connectivity index (χ2v) is 5.80. The Morgan fingerprint density at radius 2 is 2.11 bits per heavy atom. The molecule has 106 valence electrons. The van der Waals surface area contributed by atoms with Gasteiger partial charge < -0.3 is 15.5 Å². The molecule has 1 saturated carbocycles. The number of hydrogen-bond donors (Lipinski definition) is 1. The van der Waals surface area contributed by atoms with Gasteiger partial charge in [-0.3, -0.25) is 4.99 Å². The van der Waals surface area contributed by atoms with Gasteiger partial charge in [-0.05, 0) is 18.8 Å². The largest absolute Gasteiger partial charge is 0.370 e. The van der Waals surface area contributed by atoms with Crippen LogP contribution in [0.15, 0.2) is 16.6 Å². The molecule has 2 N–H and O–H groups in total. The van der Waals surface area contributed by atoms with Gasteiger partial charge in [0.15, 0.2) is 11.1 Å². The van der Waals surface area contributed by atoms with Crippen molar-refractivity contribution in [1.29, 1.82) is 0 Å². The second kappa shape index (κ2) is 6.74. The van der Waals surface area contributed by atoms with Crippen molar-refractivity contribution in [3.63, 3.8) is 0 Å². The third kappa shape index (κ3) is 3.95. The zero-order chi connectivity index (χ0) is 12.4. The molecule has 0 spiro atoms. The highest BCUT2D eigenvalue weighted by Crippen LogP contribution is 2.28. The van der Waals surface area contributed by atoms with Gasteiger partial charge in [-0.2, -0.15) is 0 Å². The van der Waals surface area contributed by atoms with Gasteiger partial charge in [-0.25, -0.2) is 4.98 Å². The van der Waals surface area contributed by atoms with E-state index in [-0.39, 0.29) is 24.0 Å². The molecule has 19 heavy (non-hydrogen) atoms. The molecule has 1 aromatic heterocycles. The summed E-state index contributed by atoms with van der Waals surface area (Å²) in [6, 6.07) is 0. The topological polar surface area (TPSA) is 57.8 Å². The van der Waals surface area contributed by atoms with E-state index in [1.165, 1.54) is 12.8 Å². The van der Waals surface area contributed by atoms with Crippen molar-refractivity contribution < 1.29 is 0 Å². The molecule has 0 aromatic carbocycles. The first-order chi connectivity index (χ1) is 8.83. The van der Waals surface area contributed by atoms with Crippen molar-refractivity contribution in [1.82, 2.24) is 9.88 Å². The number of rotatable bonds is 3. The molecule has 1 saturated heterocycles. The Morgan fingerprint density at radius 1 is 1.37 bits per heavy atom. The first-order valence-electron chi connectivity index (χ1n) is 6.52. The average Bonchev–Trinajstić information content (AvgIpc) is 3.08. The van der Waals surface area contributed by atoms with Gasteiger partial charge in [0.2, 0.25) is 0 Å². The SMILES string of the molecule is I.NC(=NCC1CC1)N1CCN(c2nccs2)CC1. The number of guanidine groups is 1. The van der Waals surface area contributed by atoms with E-state index < -0.39 is 0 Å². The molecule has 1 aliphatic heterocycles. The maximum atomic E-state index is 6.03. The molecule has 2 aliphatic rings. The maximum Gasteiger partial charge on any atom is 0.191 e. The number of aliphatic imine (C=N–C) groups is 1. The van der Waals surface area contributed by atoms with Crippen LogP contribution >= 0.6 is 35.3 Å². The van der Waals surface area contributed by atoms with E-state index in [2.05, 4.69) is 19.8 Å². The first kappa shape index (κ1) is 14.8. The number of halogens is 1. The summed E-state index contributed by atoms with van der Waals surface area (Å²) in [4.78, 5) is 13.3. The normalized spacial score (nSPS) is 20.3. The predicted molar refractivity (Wildman–Crippen MR) is 90.5 cm³/mol. The van der Waals surface area contributed by atoms with Gasteiger partial charge in [0.25, 0.3) is 0 Å². The van der Waals surface area contributed by atoms with Crippen molar-refractivity contribution in [3.8, 4) is 0 Å². The maximum absolute atomic E-state index is 6.03. The Morgan fingerprint density at radius 3 is 2.68 bits per heavy atom. The van der Waals surface area contributed by atoms with Crippen LogP contribution in [0, 0.1) is 5.92 Å². The van der Waals surface area contributed by atoms with Crippen LogP contribution < -0.4 is 10.6 Å². The fraction of sp³-hybridized carbons (Fsp3) is 0.667. The van der Waals surface area contributed by atoms with Crippen molar-refractivity contribution >= 4 is 46.4 Å². The number of piperazine rings is 1. The van der Waals surface area contributed by atoms with E-state index in [1.807, 2.05) is 11.6 Å². The zero-order valence-corrected chi connectivity index (χ0v) is 14.0. The minimum atomic E-state index is 0. The Kier molecular flexibility index (Phi) is 5.26. The monoisotopic (exact) mass is 393 g/mol. The van der Waals surface area contributed by atoms with Crippen LogP contribution in [-0.4, -0.2) is 48.6 Å². The number of nitrogens with zero attached hydrogens (tertiary/aromatic N) is 4. The molecule has 5 nitrogen and oxygen atoms in total. The lowest BCUT2D eigenvalue weighted by atomic mass is 10.3. The molecule has 2 heterocycles. The molecular formula is C12H20IN5S. The average molecular weight is 393 g/mol. The lowest BCUT2D eigenvalue weighted by molar-refractivity contribution is 0.380. The molecule has 3 rings (SSSR count). The number of aromatic nitrogens is 1. The molecule has 1 aromatic rings. The summed E-state index contributed by atoms with van der Waals surface area (Å²) in [6.45, 7) is 4.76. The fourth-order valence-electron chi connectivity index (χ4n) is 2.12. The highest BCUT2D eigenvalue weighted by atomic mass is 127. The van der Waals surface area contributed by atoms with Crippen LogP contribution in [0.1, 0.15) is 12.8 Å². The van der Waals surface area contributed by atoms with Gasteiger partial charge >= 0.3 is 0 Å². The molecule has 2 fully saturated rings. The highest BCUT2D eigenvalue weighted by Gasteiger charge is 2.22. The summed E-state index contributed by atoms with van der Waals surface area (Å²) in [6.07, 6.45) is 4.51. The lowest BCUT2D eigenvalue weighted by Gasteiger charge is -2.35. The van der Waals surface area contributed by atoms with Gasteiger partial charge in [-0.15, -0.1) is 35.3 Å². The Hall–Kier alpha value is -0.570. The first-order valence-corrected chi connectivity index (χ1v) is 7.40. The Bertz CT molecular complexity index is 410. The lowest BCUT2D eigenvalue weighted by Crippen LogP contribution is -2.51. The summed E-state index contributed by atoms with van der Waals surface area (Å²) in [5.41, 5.74) is 6.03. The molecule has 0 radical (unpaired) electrons. The minimum Gasteiger partial charge on any atom is -0.370 e. The summed E-state index contributed by atoms with van der Waals surface area (Å²) in [5.74, 6) is 1.53. The highest BCUT2D eigenvalue weighted by molar-refractivity contribution is 14.0. The molecule has 7 heteroatoms. The molecule has 0 atom stereocenters. The standard InChI is InChI=1S/C12H19N5S.HI/c13-11(15-9-10-1-2-10)16-4-6-17(7-5-16)12-14-3-8-18-12;/h3,8,10H,1-2,4-7,9H2,(H2,13,15);1H. The number of thiazole rings is 1. The molecular weight excluding hydrogens is 373 g/mol. The van der Waals surface area contributed by atoms with E-state index in [4.69, 9.17) is 5.73 Å². The summed E-state index contributed by atoms with van der Waals surface area (Å²) >= 11 is 1.70. The summed E-state index contributed by atoms with van der Waals surface area (Å²) < 4.78 is 0. The summed E-state index contributed by atoms with van der Waals surface area (Å²) in [7, 11) is 0. The molecule has 1 aliphatic carbocycles. The number of nitrogens with two attached hydrogens (primary N) is 1. The van der Waals surface area contributed by atoms with Crippen molar-refractivity contribution in [3.05, 3.63) is 11.6 Å². The van der Waals surface area contributed by atoms with Gasteiger partial charge in [0.1, 0.15) is 0 Å². The Labute approximate surface area is 134 Å². The number of hydrogen-bond acceptors (Lipinski definition) is 4. The van der Waals surface area contributed by atoms with Crippen LogP contribution in [0.5, 0.6) is 0 Å². The second-order valence-electron chi connectivity index (χ2n) is 4.93. The fourth-order valence-corrected chi connectivity index (χ4v) is 2.82. The van der Waals surface area contributed by atoms with Gasteiger partial charge in [0, 0.05) is 44.3 Å². The van der Waals surface area contributed by atoms with Gasteiger partial charge in [-0.1, -0.05) is 0 Å². The minimum absolute atomic E-state index is 0. The van der Waals surface area contributed by atoms with Crippen molar-refractivity contribution in [2.45, 2.75) is 12.8 Å². The van der Waals surface area contributed by atoms with Gasteiger partial charge in [0.05, 0.1) is 0 Å². The van der Waals surface area contributed by atoms with E-state index in [0.29, 0.717) is 0 Å². The molecule has 0 bridgehead atoms. The van der Waals surface area contributed by atoms with E-state index in [0.717, 1.165) is 49.7 Å². The third-order valence-electron chi connectivity index (χ3n) is 3.50. The van der Waals surface area contributed by atoms with Crippen molar-refractivity contribution in [2.24, 2.45) is 16.6 Å². The van der Waals surface area contributed by atoms with Crippen molar-refractivity contribution in [2.75, 3.05) is 37.6 Å². The summed E-state index contributed by atoms with van der Waals surface area (Å²) in [5, 5.41) is 3.14. The van der Waals surface area contributed by atoms with E-state index in [1.54, 1.807) is 11.3 Å². The smallest absolute Gasteiger partial charge is 0.191 e. The van der Waals surface area contributed by atoms with Crippen LogP contribution in [0.25, 0.3) is 0 Å². The molecule has 0 amide bonds. The Balaban J connectivity index is 0.00000133. The van der Waals surface area contributed by atoms with E-state index >= 15 is 0 Å². The van der Waals surface area contributed by atoms with Crippen LogP contribution in [-0.2, 0) is 0 Å². The number of anilines is 1. The van der Waals surface area contributed by atoms with E-state index in [9.17, 15) is 0 Å². The van der Waals surface area contributed by atoms with Crippen LogP contribution in [0.2, 0.25) is 0 Å². The quantitative estimate of drug-likeness (QED) is 0.482. The van der Waals surface area contributed by atoms with Crippen LogP contribution in [0.4, 0.5) is 5.13 Å². The molecule has 0 unspecified atom stereocenters. The third-order valence-corrected chi connectivity index (χ3v) is 4.33. The predicted octanol–water partition coefficient (Wildman–Crippen LogP) is 1.61. The van der Waals surface area contributed by atoms with Crippen LogP contribution in [0.3, 0.4) is 0 Å². The zero-order valence-electron chi connectivity index (χ0n) is 10.9.